The van der Waals surface area contributed by atoms with Crippen LogP contribution in [0.25, 0.3) is 0 Å². The summed E-state index contributed by atoms with van der Waals surface area (Å²) >= 11 is 6.07. The van der Waals surface area contributed by atoms with Gasteiger partial charge in [-0.3, -0.25) is 9.59 Å². The smallest absolute Gasteiger partial charge is 0.315 e. The molecule has 1 saturated carbocycles. The molecule has 4 atom stereocenters. The van der Waals surface area contributed by atoms with Crippen molar-refractivity contribution in [3.63, 3.8) is 0 Å². The number of halogens is 1. The summed E-state index contributed by atoms with van der Waals surface area (Å²) in [5.74, 6) is -4.73. The molecular weight excluding hydrogens is 520 g/mol. The Hall–Kier alpha value is -2.95. The average molecular weight is 551 g/mol. The number of esters is 2. The van der Waals surface area contributed by atoms with Crippen molar-refractivity contribution in [2.24, 2.45) is 16.9 Å². The van der Waals surface area contributed by atoms with Gasteiger partial charge in [-0.05, 0) is 57.5 Å². The molecule has 0 spiro atoms. The molecule has 0 amide bonds. The van der Waals surface area contributed by atoms with Crippen molar-refractivity contribution < 1.29 is 32.6 Å². The quantitative estimate of drug-likeness (QED) is 0.379. The van der Waals surface area contributed by atoms with E-state index in [4.69, 9.17) is 21.1 Å². The van der Waals surface area contributed by atoms with Gasteiger partial charge in [0.25, 0.3) is 10.0 Å². The number of hydrogen-bond acceptors (Lipinski definition) is 8. The fraction of sp³-hybridized carbons (Fsp3) is 0.423. The van der Waals surface area contributed by atoms with Gasteiger partial charge in [0.1, 0.15) is 5.92 Å². The van der Waals surface area contributed by atoms with Crippen LogP contribution in [0, 0.1) is 18.8 Å². The molecule has 1 aliphatic rings. The minimum Gasteiger partial charge on any atom is -0.466 e. The second kappa shape index (κ2) is 11.6. The minimum absolute atomic E-state index is 0.0173. The molecule has 0 aromatic heterocycles. The molecule has 1 aliphatic carbocycles. The maximum absolute atomic E-state index is 13.3. The minimum atomic E-state index is -4.08. The summed E-state index contributed by atoms with van der Waals surface area (Å²) in [6.07, 6.45) is -0.277. The van der Waals surface area contributed by atoms with Crippen LogP contribution in [0.5, 0.6) is 0 Å². The SMILES string of the molecule is CCOC(=O)[C@H]1/C(=N\NS(=O)(=O)c2ccc(C)cc2)C[C@](C)(O)[C@@H](C(=O)OCC)[C@@H]1c1ccc(Cl)cc1. The highest BCUT2D eigenvalue weighted by atomic mass is 35.5. The van der Waals surface area contributed by atoms with E-state index >= 15 is 0 Å². The van der Waals surface area contributed by atoms with Crippen LogP contribution in [-0.4, -0.2) is 50.0 Å². The summed E-state index contributed by atoms with van der Waals surface area (Å²) < 4.78 is 36.4. The zero-order valence-electron chi connectivity index (χ0n) is 21.1. The van der Waals surface area contributed by atoms with E-state index in [1.54, 1.807) is 50.2 Å². The first-order chi connectivity index (χ1) is 17.4. The summed E-state index contributed by atoms with van der Waals surface area (Å²) in [5, 5.41) is 16.0. The number of rotatable bonds is 8. The first-order valence-electron chi connectivity index (χ1n) is 11.9. The molecule has 0 bridgehead atoms. The molecule has 0 unspecified atom stereocenters. The van der Waals surface area contributed by atoms with E-state index in [1.807, 2.05) is 6.92 Å². The van der Waals surface area contributed by atoms with Crippen molar-refractivity contribution in [1.82, 2.24) is 4.83 Å². The van der Waals surface area contributed by atoms with Gasteiger partial charge in [0.05, 0.1) is 35.3 Å². The second-order valence-corrected chi connectivity index (χ2v) is 11.2. The third-order valence-corrected chi connectivity index (χ3v) is 7.74. The van der Waals surface area contributed by atoms with E-state index in [9.17, 15) is 23.1 Å². The Labute approximate surface area is 221 Å². The Morgan fingerprint density at radius 2 is 1.62 bits per heavy atom. The largest absolute Gasteiger partial charge is 0.466 e. The van der Waals surface area contributed by atoms with Crippen molar-refractivity contribution in [2.75, 3.05) is 13.2 Å². The lowest BCUT2D eigenvalue weighted by molar-refractivity contribution is -0.163. The lowest BCUT2D eigenvalue weighted by Crippen LogP contribution is -2.55. The van der Waals surface area contributed by atoms with Gasteiger partial charge in [0.2, 0.25) is 0 Å². The second-order valence-electron chi connectivity index (χ2n) is 9.08. The number of carbonyl (C=O) groups is 2. The third kappa shape index (κ3) is 6.49. The van der Waals surface area contributed by atoms with Gasteiger partial charge in [-0.1, -0.05) is 41.4 Å². The van der Waals surface area contributed by atoms with Gasteiger partial charge in [-0.2, -0.15) is 13.5 Å². The first-order valence-corrected chi connectivity index (χ1v) is 13.7. The average Bonchev–Trinajstić information content (AvgIpc) is 2.83. The maximum Gasteiger partial charge on any atom is 0.315 e. The van der Waals surface area contributed by atoms with E-state index in [-0.39, 0.29) is 30.2 Å². The number of aryl methyl sites for hydroxylation is 1. The number of ether oxygens (including phenoxy) is 2. The van der Waals surface area contributed by atoms with Gasteiger partial charge in [-0.15, -0.1) is 0 Å². The van der Waals surface area contributed by atoms with E-state index in [1.165, 1.54) is 19.1 Å². The fourth-order valence-corrected chi connectivity index (χ4v) is 5.55. The number of benzene rings is 2. The van der Waals surface area contributed by atoms with Crippen molar-refractivity contribution in [3.8, 4) is 0 Å². The molecule has 11 heteroatoms. The Morgan fingerprint density at radius 1 is 1.05 bits per heavy atom. The van der Waals surface area contributed by atoms with Crippen LogP contribution >= 0.6 is 11.6 Å². The number of nitrogens with zero attached hydrogens (tertiary/aromatic N) is 1. The molecule has 1 fully saturated rings. The van der Waals surface area contributed by atoms with Crippen LogP contribution in [0.2, 0.25) is 5.02 Å². The molecule has 3 rings (SSSR count). The van der Waals surface area contributed by atoms with Gasteiger partial charge < -0.3 is 14.6 Å². The van der Waals surface area contributed by atoms with E-state index < -0.39 is 45.3 Å². The summed E-state index contributed by atoms with van der Waals surface area (Å²) in [5.41, 5.74) is -0.311. The molecule has 2 N–H and O–H groups in total. The predicted molar refractivity (Wildman–Crippen MR) is 139 cm³/mol. The third-order valence-electron chi connectivity index (χ3n) is 6.26. The van der Waals surface area contributed by atoms with Crippen molar-refractivity contribution in [2.45, 2.75) is 50.5 Å². The summed E-state index contributed by atoms with van der Waals surface area (Å²) in [6.45, 7) is 6.65. The Balaban J connectivity index is 2.15. The number of nitrogens with one attached hydrogen (secondary N) is 1. The number of carbonyl (C=O) groups excluding carboxylic acids is 2. The molecule has 0 aliphatic heterocycles. The molecule has 2 aromatic carbocycles. The Morgan fingerprint density at radius 3 is 2.19 bits per heavy atom. The van der Waals surface area contributed by atoms with Gasteiger partial charge in [0.15, 0.2) is 0 Å². The van der Waals surface area contributed by atoms with E-state index in [0.29, 0.717) is 10.6 Å². The van der Waals surface area contributed by atoms with Crippen LogP contribution < -0.4 is 4.83 Å². The topological polar surface area (TPSA) is 131 Å². The molecule has 37 heavy (non-hydrogen) atoms. The maximum atomic E-state index is 13.3. The number of hydrazone groups is 1. The number of hydrogen-bond donors (Lipinski definition) is 2. The van der Waals surface area contributed by atoms with E-state index in [2.05, 4.69) is 9.93 Å². The van der Waals surface area contributed by atoms with Gasteiger partial charge >= 0.3 is 11.9 Å². The molecule has 0 radical (unpaired) electrons. The zero-order chi connectivity index (χ0) is 27.4. The molecule has 200 valence electrons. The lowest BCUT2D eigenvalue weighted by Gasteiger charge is -2.45. The molecular formula is C26H31ClN2O7S. The van der Waals surface area contributed by atoms with Crippen molar-refractivity contribution in [3.05, 3.63) is 64.7 Å². The molecule has 2 aromatic rings. The molecule has 9 nitrogen and oxygen atoms in total. The predicted octanol–water partition coefficient (Wildman–Crippen LogP) is 3.58. The van der Waals surface area contributed by atoms with Crippen molar-refractivity contribution >= 4 is 39.3 Å². The monoisotopic (exact) mass is 550 g/mol. The summed E-state index contributed by atoms with van der Waals surface area (Å²) in [4.78, 5) is 28.6. The van der Waals surface area contributed by atoms with Gasteiger partial charge in [-0.25, -0.2) is 4.83 Å². The van der Waals surface area contributed by atoms with Crippen LogP contribution in [0.3, 0.4) is 0 Å². The zero-order valence-corrected chi connectivity index (χ0v) is 22.7. The molecule has 0 heterocycles. The first kappa shape index (κ1) is 28.6. The van der Waals surface area contributed by atoms with E-state index in [0.717, 1.165) is 5.56 Å². The highest BCUT2D eigenvalue weighted by Crippen LogP contribution is 2.47. The number of aliphatic hydroxyl groups is 1. The molecule has 0 saturated heterocycles. The lowest BCUT2D eigenvalue weighted by atomic mass is 9.61. The summed E-state index contributed by atoms with van der Waals surface area (Å²) in [6, 6.07) is 12.6. The van der Waals surface area contributed by atoms with Gasteiger partial charge in [0, 0.05) is 17.4 Å². The van der Waals surface area contributed by atoms with Crippen LogP contribution in [-0.2, 0) is 29.1 Å². The van der Waals surface area contributed by atoms with Crippen LogP contribution in [0.15, 0.2) is 58.5 Å². The Kier molecular flexibility index (Phi) is 8.99. The number of sulfonamides is 1. The highest BCUT2D eigenvalue weighted by molar-refractivity contribution is 7.89. The van der Waals surface area contributed by atoms with Crippen LogP contribution in [0.1, 0.15) is 44.2 Å². The highest BCUT2D eigenvalue weighted by Gasteiger charge is 2.56. The summed E-state index contributed by atoms with van der Waals surface area (Å²) in [7, 11) is -4.08. The fourth-order valence-electron chi connectivity index (χ4n) is 4.59. The standard InChI is InChI=1S/C26H31ClN2O7S/c1-5-35-24(30)22-20(28-29-37(33,34)19-13-7-16(3)8-14-19)15-26(4,32)23(25(31)36-6-2)21(22)17-9-11-18(27)12-10-17/h7-14,21-23,29,32H,5-6,15H2,1-4H3/b28-20-/t21-,22+,23-,26+/m1/s1. The Bertz CT molecular complexity index is 1260. The normalized spacial score (nSPS) is 24.9. The van der Waals surface area contributed by atoms with Crippen molar-refractivity contribution in [1.29, 1.82) is 0 Å². The van der Waals surface area contributed by atoms with Crippen LogP contribution in [0.4, 0.5) is 0 Å².